The Morgan fingerprint density at radius 2 is 1.68 bits per heavy atom. The highest BCUT2D eigenvalue weighted by Crippen LogP contribution is 2.32. The lowest BCUT2D eigenvalue weighted by Gasteiger charge is -2.34. The minimum Gasteiger partial charge on any atom is -0.312 e. The van der Waals surface area contributed by atoms with Crippen molar-refractivity contribution in [3.05, 3.63) is 59.7 Å². The van der Waals surface area contributed by atoms with E-state index >= 15 is 0 Å². The molecular formula is C18H18N2O2. The van der Waals surface area contributed by atoms with Gasteiger partial charge in [0.2, 0.25) is 11.8 Å². The maximum atomic E-state index is 12.7. The van der Waals surface area contributed by atoms with Crippen molar-refractivity contribution in [3.63, 3.8) is 0 Å². The van der Waals surface area contributed by atoms with Gasteiger partial charge in [-0.25, -0.2) is 0 Å². The third-order valence-corrected chi connectivity index (χ3v) is 4.11. The van der Waals surface area contributed by atoms with Crippen LogP contribution in [0.15, 0.2) is 48.5 Å². The summed E-state index contributed by atoms with van der Waals surface area (Å²) in [5, 5.41) is 0. The Morgan fingerprint density at radius 1 is 1.05 bits per heavy atom. The van der Waals surface area contributed by atoms with Gasteiger partial charge in [0, 0.05) is 7.05 Å². The van der Waals surface area contributed by atoms with E-state index in [0.717, 1.165) is 22.5 Å². The van der Waals surface area contributed by atoms with Crippen LogP contribution in [-0.2, 0) is 16.0 Å². The highest BCUT2D eigenvalue weighted by Gasteiger charge is 2.30. The normalized spacial score (nSPS) is 14.0. The summed E-state index contributed by atoms with van der Waals surface area (Å²) in [7, 11) is 1.74. The Labute approximate surface area is 130 Å². The first-order valence-electron chi connectivity index (χ1n) is 7.28. The molecule has 0 saturated heterocycles. The maximum Gasteiger partial charge on any atom is 0.246 e. The first kappa shape index (κ1) is 14.3. The first-order chi connectivity index (χ1) is 10.6. The van der Waals surface area contributed by atoms with Crippen molar-refractivity contribution in [3.8, 4) is 0 Å². The molecule has 0 unspecified atom stereocenters. The Bertz CT molecular complexity index is 739. The van der Waals surface area contributed by atoms with Crippen molar-refractivity contribution in [2.45, 2.75) is 13.3 Å². The highest BCUT2D eigenvalue weighted by atomic mass is 16.2. The molecule has 1 heterocycles. The predicted molar refractivity (Wildman–Crippen MR) is 87.1 cm³/mol. The summed E-state index contributed by atoms with van der Waals surface area (Å²) in [4.78, 5) is 28.0. The van der Waals surface area contributed by atoms with Gasteiger partial charge in [-0.05, 0) is 30.2 Å². The molecule has 3 rings (SSSR count). The molecule has 0 fully saturated rings. The Balaban J connectivity index is 1.92. The van der Waals surface area contributed by atoms with E-state index < -0.39 is 0 Å². The van der Waals surface area contributed by atoms with E-state index in [2.05, 4.69) is 0 Å². The number of rotatable bonds is 2. The Hall–Kier alpha value is -2.62. The summed E-state index contributed by atoms with van der Waals surface area (Å²) in [5.74, 6) is -0.125. The summed E-state index contributed by atoms with van der Waals surface area (Å²) >= 11 is 0. The fourth-order valence-electron chi connectivity index (χ4n) is 2.73. The molecular weight excluding hydrogens is 276 g/mol. The first-order valence-corrected chi connectivity index (χ1v) is 7.28. The zero-order valence-corrected chi connectivity index (χ0v) is 12.7. The lowest BCUT2D eigenvalue weighted by atomic mass is 10.0. The van der Waals surface area contributed by atoms with E-state index in [1.165, 1.54) is 0 Å². The molecule has 2 aromatic carbocycles. The standard InChI is InChI=1S/C18H18N2O2/c1-13-7-3-4-8-14(13)11-17(21)20-12-18(22)19(2)15-9-5-6-10-16(15)20/h3-10H,11-12H2,1-2H3. The molecule has 0 N–H and O–H groups in total. The molecule has 0 radical (unpaired) electrons. The SMILES string of the molecule is Cc1ccccc1CC(=O)N1CC(=O)N(C)c2ccccc21. The Kier molecular flexibility index (Phi) is 3.67. The molecule has 112 valence electrons. The summed E-state index contributed by atoms with van der Waals surface area (Å²) in [6.45, 7) is 2.09. The zero-order chi connectivity index (χ0) is 15.7. The number of nitrogens with zero attached hydrogens (tertiary/aromatic N) is 2. The fourth-order valence-corrected chi connectivity index (χ4v) is 2.73. The van der Waals surface area contributed by atoms with Crippen molar-refractivity contribution in [2.24, 2.45) is 0 Å². The van der Waals surface area contributed by atoms with Crippen LogP contribution in [0.2, 0.25) is 0 Å². The van der Waals surface area contributed by atoms with Crippen molar-refractivity contribution < 1.29 is 9.59 Å². The lowest BCUT2D eigenvalue weighted by Crippen LogP contribution is -2.47. The molecule has 1 aliphatic rings. The van der Waals surface area contributed by atoms with Gasteiger partial charge in [-0.15, -0.1) is 0 Å². The van der Waals surface area contributed by atoms with Gasteiger partial charge in [-0.2, -0.15) is 0 Å². The number of likely N-dealkylation sites (N-methyl/N-ethyl adjacent to an activating group) is 1. The van der Waals surface area contributed by atoms with Gasteiger partial charge >= 0.3 is 0 Å². The van der Waals surface area contributed by atoms with Crippen molar-refractivity contribution >= 4 is 23.2 Å². The second-order valence-corrected chi connectivity index (χ2v) is 5.52. The van der Waals surface area contributed by atoms with Crippen LogP contribution in [0.3, 0.4) is 0 Å². The molecule has 0 aliphatic carbocycles. The molecule has 0 atom stereocenters. The number of carbonyl (C=O) groups is 2. The van der Waals surface area contributed by atoms with Crippen LogP contribution >= 0.6 is 0 Å². The van der Waals surface area contributed by atoms with Crippen LogP contribution in [0, 0.1) is 6.92 Å². The summed E-state index contributed by atoms with van der Waals surface area (Å²) in [6, 6.07) is 15.3. The average molecular weight is 294 g/mol. The van der Waals surface area contributed by atoms with Gasteiger partial charge < -0.3 is 9.80 Å². The van der Waals surface area contributed by atoms with E-state index in [-0.39, 0.29) is 18.4 Å². The number of aryl methyl sites for hydroxylation is 1. The van der Waals surface area contributed by atoms with Crippen molar-refractivity contribution in [2.75, 3.05) is 23.4 Å². The highest BCUT2D eigenvalue weighted by molar-refractivity contribution is 6.11. The molecule has 4 nitrogen and oxygen atoms in total. The molecule has 0 aromatic heterocycles. The fraction of sp³-hybridized carbons (Fsp3) is 0.222. The number of benzene rings is 2. The Morgan fingerprint density at radius 3 is 2.41 bits per heavy atom. The third-order valence-electron chi connectivity index (χ3n) is 4.11. The van der Waals surface area contributed by atoms with Crippen LogP contribution in [0.4, 0.5) is 11.4 Å². The van der Waals surface area contributed by atoms with Gasteiger partial charge in [0.05, 0.1) is 17.8 Å². The number of hydrogen-bond donors (Lipinski definition) is 0. The van der Waals surface area contributed by atoms with E-state index in [0.29, 0.717) is 6.42 Å². The van der Waals surface area contributed by atoms with Crippen LogP contribution in [0.25, 0.3) is 0 Å². The van der Waals surface area contributed by atoms with E-state index in [9.17, 15) is 9.59 Å². The number of amides is 2. The minimum atomic E-state index is -0.0724. The third kappa shape index (κ3) is 2.48. The number of hydrogen-bond acceptors (Lipinski definition) is 2. The van der Waals surface area contributed by atoms with Gasteiger partial charge in [-0.1, -0.05) is 36.4 Å². The van der Waals surface area contributed by atoms with Crippen molar-refractivity contribution in [1.82, 2.24) is 0 Å². The summed E-state index contributed by atoms with van der Waals surface area (Å²) in [5.41, 5.74) is 3.65. The predicted octanol–water partition coefficient (Wildman–Crippen LogP) is 2.55. The zero-order valence-electron chi connectivity index (χ0n) is 12.7. The van der Waals surface area contributed by atoms with E-state index in [4.69, 9.17) is 0 Å². The molecule has 4 heteroatoms. The molecule has 0 spiro atoms. The topological polar surface area (TPSA) is 40.6 Å². The molecule has 2 aromatic rings. The lowest BCUT2D eigenvalue weighted by molar-refractivity contribution is -0.122. The molecule has 0 bridgehead atoms. The average Bonchev–Trinajstić information content (AvgIpc) is 2.53. The number of carbonyl (C=O) groups excluding carboxylic acids is 2. The largest absolute Gasteiger partial charge is 0.312 e. The second-order valence-electron chi connectivity index (χ2n) is 5.52. The van der Waals surface area contributed by atoms with Gasteiger partial charge in [-0.3, -0.25) is 9.59 Å². The molecule has 1 aliphatic heterocycles. The smallest absolute Gasteiger partial charge is 0.246 e. The molecule has 0 saturated carbocycles. The molecule has 2 amide bonds. The van der Waals surface area contributed by atoms with Crippen LogP contribution in [-0.4, -0.2) is 25.4 Å². The second kappa shape index (κ2) is 5.64. The van der Waals surface area contributed by atoms with E-state index in [1.807, 2.05) is 55.5 Å². The van der Waals surface area contributed by atoms with Crippen LogP contribution in [0.1, 0.15) is 11.1 Å². The molecule has 22 heavy (non-hydrogen) atoms. The maximum absolute atomic E-state index is 12.7. The summed E-state index contributed by atoms with van der Waals surface area (Å²) < 4.78 is 0. The number of fused-ring (bicyclic) bond motifs is 1. The number of anilines is 2. The van der Waals surface area contributed by atoms with Gasteiger partial charge in [0.15, 0.2) is 0 Å². The van der Waals surface area contributed by atoms with E-state index in [1.54, 1.807) is 16.8 Å². The van der Waals surface area contributed by atoms with Gasteiger partial charge in [0.1, 0.15) is 6.54 Å². The quantitative estimate of drug-likeness (QED) is 0.854. The monoisotopic (exact) mass is 294 g/mol. The minimum absolute atomic E-state index is 0.0526. The van der Waals surface area contributed by atoms with Crippen LogP contribution < -0.4 is 9.80 Å². The number of para-hydroxylation sites is 2. The van der Waals surface area contributed by atoms with Crippen LogP contribution in [0.5, 0.6) is 0 Å². The summed E-state index contributed by atoms with van der Waals surface area (Å²) in [6.07, 6.45) is 0.304. The van der Waals surface area contributed by atoms with Gasteiger partial charge in [0.25, 0.3) is 0 Å². The van der Waals surface area contributed by atoms with Crippen molar-refractivity contribution in [1.29, 1.82) is 0 Å².